The van der Waals surface area contributed by atoms with Crippen LogP contribution >= 0.6 is 23.2 Å². The van der Waals surface area contributed by atoms with Gasteiger partial charge in [0, 0.05) is 15.7 Å². The van der Waals surface area contributed by atoms with Crippen LogP contribution in [0.3, 0.4) is 0 Å². The maximum atomic E-state index is 11.8. The lowest BCUT2D eigenvalue weighted by atomic mass is 9.93. The fourth-order valence-electron chi connectivity index (χ4n) is 2.24. The van der Waals surface area contributed by atoms with Crippen LogP contribution in [0.2, 0.25) is 10.0 Å². The van der Waals surface area contributed by atoms with E-state index in [1.165, 1.54) is 0 Å². The van der Waals surface area contributed by atoms with Crippen molar-refractivity contribution >= 4 is 34.9 Å². The predicted octanol–water partition coefficient (Wildman–Crippen LogP) is 3.42. The molecule has 1 aliphatic rings. The van der Waals surface area contributed by atoms with Crippen molar-refractivity contribution in [3.8, 4) is 0 Å². The number of urea groups is 1. The number of carbonyl (C=O) groups excluding carboxylic acids is 1. The number of carbonyl (C=O) groups is 1. The van der Waals surface area contributed by atoms with Gasteiger partial charge in [0.1, 0.15) is 0 Å². The van der Waals surface area contributed by atoms with Crippen LogP contribution in [0.5, 0.6) is 0 Å². The zero-order chi connectivity index (χ0) is 13.8. The van der Waals surface area contributed by atoms with Gasteiger partial charge in [-0.2, -0.15) is 0 Å². The van der Waals surface area contributed by atoms with Crippen molar-refractivity contribution in [3.63, 3.8) is 0 Å². The number of halogens is 2. The van der Waals surface area contributed by atoms with Gasteiger partial charge in [-0.15, -0.1) is 0 Å². The van der Waals surface area contributed by atoms with Gasteiger partial charge < -0.3 is 15.7 Å². The van der Waals surface area contributed by atoms with Crippen LogP contribution in [0.1, 0.15) is 25.7 Å². The van der Waals surface area contributed by atoms with Crippen LogP contribution in [0.4, 0.5) is 10.5 Å². The zero-order valence-corrected chi connectivity index (χ0v) is 11.8. The normalized spacial score (nSPS) is 22.9. The highest BCUT2D eigenvalue weighted by atomic mass is 35.5. The summed E-state index contributed by atoms with van der Waals surface area (Å²) in [4.78, 5) is 11.8. The summed E-state index contributed by atoms with van der Waals surface area (Å²) in [6, 6.07) is 4.28. The fourth-order valence-corrected chi connectivity index (χ4v) is 2.77. The lowest BCUT2D eigenvalue weighted by Crippen LogP contribution is -2.46. The number of rotatable bonds is 2. The largest absolute Gasteiger partial charge is 0.391 e. The van der Waals surface area contributed by atoms with E-state index in [4.69, 9.17) is 23.2 Å². The fraction of sp³-hybridized carbons (Fsp3) is 0.462. The number of amides is 2. The first kappa shape index (κ1) is 14.4. The average Bonchev–Trinajstić information content (AvgIpc) is 2.30. The molecular weight excluding hydrogens is 287 g/mol. The molecule has 0 saturated heterocycles. The third-order valence-electron chi connectivity index (χ3n) is 3.17. The minimum Gasteiger partial charge on any atom is -0.391 e. The summed E-state index contributed by atoms with van der Waals surface area (Å²) in [6.07, 6.45) is 3.08. The van der Waals surface area contributed by atoms with Crippen molar-refractivity contribution in [2.45, 2.75) is 37.8 Å². The molecule has 1 aromatic carbocycles. The number of hydrogen-bond acceptors (Lipinski definition) is 2. The van der Waals surface area contributed by atoms with Crippen molar-refractivity contribution in [2.75, 3.05) is 5.32 Å². The molecule has 0 bridgehead atoms. The molecule has 3 N–H and O–H groups in total. The van der Waals surface area contributed by atoms with Gasteiger partial charge in [-0.1, -0.05) is 36.0 Å². The molecule has 0 heterocycles. The highest BCUT2D eigenvalue weighted by Crippen LogP contribution is 2.23. The van der Waals surface area contributed by atoms with Crippen LogP contribution < -0.4 is 10.6 Å². The van der Waals surface area contributed by atoms with E-state index in [0.717, 1.165) is 25.7 Å². The lowest BCUT2D eigenvalue weighted by molar-refractivity contribution is 0.0955. The maximum absolute atomic E-state index is 11.8. The summed E-state index contributed by atoms with van der Waals surface area (Å²) in [5.41, 5.74) is 0.528. The van der Waals surface area contributed by atoms with E-state index >= 15 is 0 Å². The van der Waals surface area contributed by atoms with Crippen LogP contribution in [0.25, 0.3) is 0 Å². The molecule has 6 heteroatoms. The first-order valence-electron chi connectivity index (χ1n) is 6.26. The zero-order valence-electron chi connectivity index (χ0n) is 10.3. The Balaban J connectivity index is 1.93. The van der Waals surface area contributed by atoms with Crippen molar-refractivity contribution in [3.05, 3.63) is 28.2 Å². The van der Waals surface area contributed by atoms with Crippen LogP contribution in [0, 0.1) is 0 Å². The molecule has 2 amide bonds. The number of nitrogens with one attached hydrogen (secondary N) is 2. The summed E-state index contributed by atoms with van der Waals surface area (Å²) in [5.74, 6) is 0. The second-order valence-electron chi connectivity index (χ2n) is 4.71. The Labute approximate surface area is 122 Å². The average molecular weight is 303 g/mol. The van der Waals surface area contributed by atoms with Crippen molar-refractivity contribution < 1.29 is 9.90 Å². The van der Waals surface area contributed by atoms with Gasteiger partial charge in [0.25, 0.3) is 0 Å². The van der Waals surface area contributed by atoms with E-state index in [1.54, 1.807) is 18.2 Å². The Morgan fingerprint density at radius 3 is 2.42 bits per heavy atom. The van der Waals surface area contributed by atoms with E-state index < -0.39 is 6.10 Å². The van der Waals surface area contributed by atoms with E-state index in [2.05, 4.69) is 10.6 Å². The Kier molecular flexibility index (Phi) is 4.91. The summed E-state index contributed by atoms with van der Waals surface area (Å²) in [6.45, 7) is 0. The van der Waals surface area contributed by atoms with Crippen molar-refractivity contribution in [2.24, 2.45) is 0 Å². The first-order valence-corrected chi connectivity index (χ1v) is 7.02. The number of aliphatic hydroxyl groups excluding tert-OH is 1. The van der Waals surface area contributed by atoms with E-state index in [1.807, 2.05) is 0 Å². The summed E-state index contributed by atoms with van der Waals surface area (Å²) in [7, 11) is 0. The molecule has 2 atom stereocenters. The minimum absolute atomic E-state index is 0.191. The number of hydrogen-bond donors (Lipinski definition) is 3. The second-order valence-corrected chi connectivity index (χ2v) is 5.59. The smallest absolute Gasteiger partial charge is 0.319 e. The van der Waals surface area contributed by atoms with Gasteiger partial charge in [-0.05, 0) is 31.0 Å². The molecule has 0 aromatic heterocycles. The molecule has 1 fully saturated rings. The Bertz CT molecular complexity index is 448. The predicted molar refractivity (Wildman–Crippen MR) is 76.9 cm³/mol. The second kappa shape index (κ2) is 6.46. The first-order chi connectivity index (χ1) is 9.04. The van der Waals surface area contributed by atoms with Gasteiger partial charge in [0.15, 0.2) is 0 Å². The van der Waals surface area contributed by atoms with Crippen molar-refractivity contribution in [1.29, 1.82) is 0 Å². The highest BCUT2D eigenvalue weighted by molar-refractivity contribution is 6.35. The third kappa shape index (κ3) is 4.27. The quantitative estimate of drug-likeness (QED) is 0.784. The van der Waals surface area contributed by atoms with Crippen molar-refractivity contribution in [1.82, 2.24) is 5.32 Å². The molecule has 1 aliphatic carbocycles. The molecule has 19 heavy (non-hydrogen) atoms. The summed E-state index contributed by atoms with van der Waals surface area (Å²) in [5, 5.41) is 16.1. The standard InChI is InChI=1S/C13H16Cl2N2O2/c14-8-5-9(15)7-10(6-8)16-13(19)17-11-3-1-2-4-12(11)18/h5-7,11-12,18H,1-4H2,(H2,16,17,19). The Morgan fingerprint density at radius 2 is 1.79 bits per heavy atom. The molecule has 0 spiro atoms. The molecule has 4 nitrogen and oxygen atoms in total. The van der Waals surface area contributed by atoms with Crippen LogP contribution in [-0.4, -0.2) is 23.3 Å². The monoisotopic (exact) mass is 302 g/mol. The molecule has 104 valence electrons. The van der Waals surface area contributed by atoms with Crippen LogP contribution in [-0.2, 0) is 0 Å². The Morgan fingerprint density at radius 1 is 1.16 bits per heavy atom. The summed E-state index contributed by atoms with van der Waals surface area (Å²) < 4.78 is 0. The maximum Gasteiger partial charge on any atom is 0.319 e. The Hall–Kier alpha value is -0.970. The minimum atomic E-state index is -0.470. The van der Waals surface area contributed by atoms with Gasteiger partial charge >= 0.3 is 6.03 Å². The molecule has 1 saturated carbocycles. The van der Waals surface area contributed by atoms with E-state index in [0.29, 0.717) is 15.7 Å². The molecule has 0 aliphatic heterocycles. The number of aliphatic hydroxyl groups is 1. The summed E-state index contributed by atoms with van der Waals surface area (Å²) >= 11 is 11.7. The van der Waals surface area contributed by atoms with E-state index in [9.17, 15) is 9.90 Å². The van der Waals surface area contributed by atoms with Crippen LogP contribution in [0.15, 0.2) is 18.2 Å². The number of anilines is 1. The molecule has 1 aromatic rings. The topological polar surface area (TPSA) is 61.4 Å². The van der Waals surface area contributed by atoms with Gasteiger partial charge in [0.05, 0.1) is 12.1 Å². The molecular formula is C13H16Cl2N2O2. The third-order valence-corrected chi connectivity index (χ3v) is 3.60. The molecule has 2 unspecified atom stereocenters. The molecule has 2 rings (SSSR count). The van der Waals surface area contributed by atoms with Gasteiger partial charge in [-0.25, -0.2) is 4.79 Å². The molecule has 0 radical (unpaired) electrons. The van der Waals surface area contributed by atoms with Gasteiger partial charge in [-0.3, -0.25) is 0 Å². The van der Waals surface area contributed by atoms with E-state index in [-0.39, 0.29) is 12.1 Å². The SMILES string of the molecule is O=C(Nc1cc(Cl)cc(Cl)c1)NC1CCCCC1O. The lowest BCUT2D eigenvalue weighted by Gasteiger charge is -2.28. The highest BCUT2D eigenvalue weighted by Gasteiger charge is 2.24. The van der Waals surface area contributed by atoms with Gasteiger partial charge in [0.2, 0.25) is 0 Å². The number of benzene rings is 1.